The number of benzene rings is 1. The highest BCUT2D eigenvalue weighted by molar-refractivity contribution is 5.92. The molecule has 4 aliphatic carbocycles. The molecule has 1 aliphatic heterocycles. The Kier molecular flexibility index (Phi) is 5.71. The van der Waals surface area contributed by atoms with E-state index in [4.69, 9.17) is 0 Å². The molecule has 6 nitrogen and oxygen atoms in total. The highest BCUT2D eigenvalue weighted by Crippen LogP contribution is 2.57. The van der Waals surface area contributed by atoms with Crippen LogP contribution in [-0.2, 0) is 9.59 Å². The summed E-state index contributed by atoms with van der Waals surface area (Å²) in [7, 11) is 0. The summed E-state index contributed by atoms with van der Waals surface area (Å²) in [5.41, 5.74) is 0.359. The van der Waals surface area contributed by atoms with Crippen molar-refractivity contribution in [3.8, 4) is 6.07 Å². The van der Waals surface area contributed by atoms with Gasteiger partial charge in [0.05, 0.1) is 19.2 Å². The number of carbonyl (C=O) groups excluding carboxylic acids is 2. The van der Waals surface area contributed by atoms with E-state index in [1.165, 1.54) is 0 Å². The van der Waals surface area contributed by atoms with Gasteiger partial charge in [-0.15, -0.1) is 0 Å². The van der Waals surface area contributed by atoms with Crippen molar-refractivity contribution in [2.75, 3.05) is 13.1 Å². The van der Waals surface area contributed by atoms with Crippen molar-refractivity contribution in [1.82, 2.24) is 15.5 Å². The van der Waals surface area contributed by atoms with Crippen LogP contribution in [0.3, 0.4) is 0 Å². The van der Waals surface area contributed by atoms with Gasteiger partial charge in [0, 0.05) is 23.6 Å². The number of amides is 2. The summed E-state index contributed by atoms with van der Waals surface area (Å²) in [6.45, 7) is -0.761. The van der Waals surface area contributed by atoms with Crippen LogP contribution in [-0.4, -0.2) is 52.8 Å². The van der Waals surface area contributed by atoms with E-state index < -0.39 is 30.8 Å². The van der Waals surface area contributed by atoms with E-state index >= 15 is 0 Å². The van der Waals surface area contributed by atoms with Crippen molar-refractivity contribution in [3.63, 3.8) is 0 Å². The predicted octanol–water partition coefficient (Wildman–Crippen LogP) is 3.26. The van der Waals surface area contributed by atoms with Crippen LogP contribution < -0.4 is 10.6 Å². The van der Waals surface area contributed by atoms with E-state index in [1.807, 2.05) is 36.4 Å². The van der Waals surface area contributed by atoms with Crippen molar-refractivity contribution in [2.45, 2.75) is 68.0 Å². The maximum atomic E-state index is 13.8. The Bertz CT molecular complexity index is 1020. The molecule has 4 saturated carbocycles. The zero-order valence-corrected chi connectivity index (χ0v) is 19.1. The second-order valence-electron chi connectivity index (χ2n) is 10.8. The molecule has 180 valence electrons. The van der Waals surface area contributed by atoms with Crippen molar-refractivity contribution >= 4 is 17.9 Å². The molecule has 2 unspecified atom stereocenters. The Hall–Kier alpha value is -2.79. The van der Waals surface area contributed by atoms with Crippen LogP contribution >= 0.6 is 0 Å². The third-order valence-electron chi connectivity index (χ3n) is 8.03. The van der Waals surface area contributed by atoms with Gasteiger partial charge in [0.25, 0.3) is 5.92 Å². The lowest BCUT2D eigenvalue weighted by Gasteiger charge is -2.62. The summed E-state index contributed by atoms with van der Waals surface area (Å²) in [4.78, 5) is 26.6. The van der Waals surface area contributed by atoms with Crippen LogP contribution in [0.15, 0.2) is 36.4 Å². The Morgan fingerprint density at radius 3 is 2.44 bits per heavy atom. The summed E-state index contributed by atoms with van der Waals surface area (Å²) in [5.74, 6) is -2.66. The number of rotatable bonds is 6. The number of halogens is 2. The van der Waals surface area contributed by atoms with Crippen LogP contribution in [0.5, 0.6) is 0 Å². The zero-order valence-electron chi connectivity index (χ0n) is 19.1. The highest BCUT2D eigenvalue weighted by atomic mass is 19.3. The first-order valence-electron chi connectivity index (χ1n) is 12.1. The second-order valence-corrected chi connectivity index (χ2v) is 10.8. The van der Waals surface area contributed by atoms with E-state index in [2.05, 4.69) is 10.6 Å². The molecule has 0 spiro atoms. The summed E-state index contributed by atoms with van der Waals surface area (Å²) < 4.78 is 27.6. The first kappa shape index (κ1) is 23.0. The van der Waals surface area contributed by atoms with Crippen LogP contribution in [0, 0.1) is 23.2 Å². The van der Waals surface area contributed by atoms with E-state index in [1.54, 1.807) is 12.2 Å². The monoisotopic (exact) mass is 468 g/mol. The topological polar surface area (TPSA) is 85.2 Å². The normalized spacial score (nSPS) is 35.4. The minimum atomic E-state index is -3.02. The average molecular weight is 469 g/mol. The van der Waals surface area contributed by atoms with E-state index in [0.717, 1.165) is 49.0 Å². The molecule has 4 bridgehead atoms. The Labute approximate surface area is 198 Å². The summed E-state index contributed by atoms with van der Waals surface area (Å²) in [6, 6.07) is 10.4. The quantitative estimate of drug-likeness (QED) is 0.628. The molecule has 3 atom stereocenters. The molecular formula is C26H30F2N4O2. The molecular weight excluding hydrogens is 438 g/mol. The van der Waals surface area contributed by atoms with Gasteiger partial charge < -0.3 is 15.5 Å². The fourth-order valence-corrected chi connectivity index (χ4v) is 7.21. The molecule has 1 aromatic rings. The van der Waals surface area contributed by atoms with Crippen molar-refractivity contribution in [2.24, 2.45) is 11.8 Å². The molecule has 1 heterocycles. The highest BCUT2D eigenvalue weighted by Gasteiger charge is 2.58. The van der Waals surface area contributed by atoms with E-state index in [9.17, 15) is 23.6 Å². The molecule has 6 rings (SSSR count). The van der Waals surface area contributed by atoms with Gasteiger partial charge in [-0.25, -0.2) is 8.78 Å². The zero-order chi connectivity index (χ0) is 24.0. The minimum absolute atomic E-state index is 0.0639. The standard InChI is InChI=1S/C26H30F2N4O2/c27-26(28)13-21(14-29)32(17-26)23(34)15-30-24-9-19-8-20(10-24)12-25(11-19,16-24)31-22(33)7-6-18-4-2-1-3-5-18/h1-7,19-21,30H,8-13,15-17H2,(H,31,33)/t19?,20?,21-,24?,25?/m0/s1. The van der Waals surface area contributed by atoms with Crippen molar-refractivity contribution < 1.29 is 18.4 Å². The number of likely N-dealkylation sites (tertiary alicyclic amines) is 1. The maximum absolute atomic E-state index is 13.8. The fourth-order valence-electron chi connectivity index (χ4n) is 7.21. The molecule has 8 heteroatoms. The molecule has 0 radical (unpaired) electrons. The molecule has 2 amide bonds. The molecule has 5 fully saturated rings. The van der Waals surface area contributed by atoms with Gasteiger partial charge in [0.15, 0.2) is 0 Å². The summed E-state index contributed by atoms with van der Waals surface area (Å²) >= 11 is 0. The number of carbonyl (C=O) groups is 2. The van der Waals surface area contributed by atoms with Gasteiger partial charge in [-0.2, -0.15) is 5.26 Å². The third-order valence-corrected chi connectivity index (χ3v) is 8.03. The van der Waals surface area contributed by atoms with E-state index in [0.29, 0.717) is 11.8 Å². The number of nitrogens with zero attached hydrogens (tertiary/aromatic N) is 2. The first-order valence-corrected chi connectivity index (χ1v) is 12.1. The largest absolute Gasteiger partial charge is 0.347 e. The lowest BCUT2D eigenvalue weighted by atomic mass is 9.50. The van der Waals surface area contributed by atoms with Crippen LogP contribution in [0.25, 0.3) is 6.08 Å². The molecule has 1 saturated heterocycles. The molecule has 1 aromatic carbocycles. The Morgan fingerprint density at radius 2 is 1.76 bits per heavy atom. The number of nitriles is 1. The maximum Gasteiger partial charge on any atom is 0.268 e. The number of hydrogen-bond acceptors (Lipinski definition) is 4. The third kappa shape index (κ3) is 4.58. The molecule has 2 N–H and O–H groups in total. The van der Waals surface area contributed by atoms with E-state index in [-0.39, 0.29) is 23.5 Å². The van der Waals surface area contributed by atoms with Crippen molar-refractivity contribution in [3.05, 3.63) is 42.0 Å². The molecule has 0 aromatic heterocycles. The number of alkyl halides is 2. The SMILES string of the molecule is N#C[C@@H]1CC(F)(F)CN1C(=O)CNC12CC3CC(C1)CC(NC(=O)C=Cc1ccccc1)(C3)C2. The number of nitrogens with one attached hydrogen (secondary N) is 2. The lowest BCUT2D eigenvalue weighted by molar-refractivity contribution is -0.134. The minimum Gasteiger partial charge on any atom is -0.347 e. The van der Waals surface area contributed by atoms with Crippen LogP contribution in [0.2, 0.25) is 0 Å². The van der Waals surface area contributed by atoms with Crippen molar-refractivity contribution in [1.29, 1.82) is 5.26 Å². The average Bonchev–Trinajstić information content (AvgIpc) is 3.10. The smallest absolute Gasteiger partial charge is 0.268 e. The van der Waals surface area contributed by atoms with Gasteiger partial charge >= 0.3 is 0 Å². The number of hydrogen-bond donors (Lipinski definition) is 2. The lowest BCUT2D eigenvalue weighted by Crippen LogP contribution is -2.69. The van der Waals surface area contributed by atoms with Crippen LogP contribution in [0.1, 0.15) is 50.5 Å². The predicted molar refractivity (Wildman–Crippen MR) is 122 cm³/mol. The van der Waals surface area contributed by atoms with Gasteiger partial charge in [-0.3, -0.25) is 9.59 Å². The first-order chi connectivity index (χ1) is 16.2. The second kappa shape index (κ2) is 8.46. The van der Waals surface area contributed by atoms with Gasteiger partial charge in [-0.05, 0) is 62.0 Å². The fraction of sp³-hybridized carbons (Fsp3) is 0.577. The van der Waals surface area contributed by atoms with Gasteiger partial charge in [0.1, 0.15) is 6.04 Å². The summed E-state index contributed by atoms with van der Waals surface area (Å²) in [5, 5.41) is 15.9. The van der Waals surface area contributed by atoms with Gasteiger partial charge in [-0.1, -0.05) is 30.3 Å². The summed E-state index contributed by atoms with van der Waals surface area (Å²) in [6.07, 6.45) is 8.34. The Balaban J connectivity index is 1.25. The van der Waals surface area contributed by atoms with Crippen LogP contribution in [0.4, 0.5) is 8.78 Å². The molecule has 34 heavy (non-hydrogen) atoms. The van der Waals surface area contributed by atoms with Gasteiger partial charge in [0.2, 0.25) is 11.8 Å². The molecule has 5 aliphatic rings. The Morgan fingerprint density at radius 1 is 1.09 bits per heavy atom.